The van der Waals surface area contributed by atoms with Gasteiger partial charge in [0, 0.05) is 29.0 Å². The normalized spacial score (nSPS) is 11.9. The molecule has 0 aliphatic heterocycles. The van der Waals surface area contributed by atoms with E-state index in [0.717, 1.165) is 27.1 Å². The molecule has 0 fully saturated rings. The number of hydrogen-bond donors (Lipinski definition) is 1. The third-order valence-corrected chi connectivity index (χ3v) is 6.04. The molecule has 1 unspecified atom stereocenters. The summed E-state index contributed by atoms with van der Waals surface area (Å²) in [5.74, 6) is -0.188. The number of hydrogen-bond acceptors (Lipinski definition) is 6. The average molecular weight is 422 g/mol. The van der Waals surface area contributed by atoms with Gasteiger partial charge in [0.05, 0.1) is 17.9 Å². The molecular formula is C21H19N5OS2. The van der Waals surface area contributed by atoms with E-state index in [9.17, 15) is 4.79 Å². The minimum atomic E-state index is -0.227. The number of pyridine rings is 1. The number of nitrogens with one attached hydrogen (secondary N) is 1. The number of thiazole rings is 1. The molecule has 0 bridgehead atoms. The molecule has 146 valence electrons. The summed E-state index contributed by atoms with van der Waals surface area (Å²) in [5, 5.41) is 6.64. The zero-order valence-corrected chi connectivity index (χ0v) is 17.6. The number of aromatic nitrogens is 4. The summed E-state index contributed by atoms with van der Waals surface area (Å²) in [7, 11) is 0. The van der Waals surface area contributed by atoms with E-state index in [2.05, 4.69) is 20.3 Å². The van der Waals surface area contributed by atoms with Gasteiger partial charge >= 0.3 is 0 Å². The fourth-order valence-electron chi connectivity index (χ4n) is 2.93. The van der Waals surface area contributed by atoms with Crippen LogP contribution in [0.1, 0.15) is 28.5 Å². The van der Waals surface area contributed by atoms with Gasteiger partial charge in [-0.25, -0.2) is 9.97 Å². The first-order valence-corrected chi connectivity index (χ1v) is 11.1. The third-order valence-electron chi connectivity index (χ3n) is 4.36. The van der Waals surface area contributed by atoms with Crippen LogP contribution in [0.4, 0.5) is 0 Å². The first kappa shape index (κ1) is 19.4. The van der Waals surface area contributed by atoms with Crippen LogP contribution < -0.4 is 5.32 Å². The van der Waals surface area contributed by atoms with E-state index in [4.69, 9.17) is 0 Å². The predicted molar refractivity (Wildman–Crippen MR) is 117 cm³/mol. The number of amides is 1. The van der Waals surface area contributed by atoms with Crippen LogP contribution in [0.5, 0.6) is 0 Å². The van der Waals surface area contributed by atoms with E-state index in [1.807, 2.05) is 65.6 Å². The third kappa shape index (κ3) is 4.08. The summed E-state index contributed by atoms with van der Waals surface area (Å²) >= 11 is 3.02. The number of carbonyl (C=O) groups is 1. The molecule has 1 atom stereocenters. The molecule has 4 aromatic rings. The van der Waals surface area contributed by atoms with E-state index in [-0.39, 0.29) is 11.9 Å². The van der Waals surface area contributed by atoms with Crippen molar-refractivity contribution < 1.29 is 4.79 Å². The summed E-state index contributed by atoms with van der Waals surface area (Å²) in [4.78, 5) is 26.2. The van der Waals surface area contributed by atoms with Crippen LogP contribution in [-0.4, -0.2) is 31.7 Å². The van der Waals surface area contributed by atoms with Crippen molar-refractivity contribution in [2.45, 2.75) is 18.1 Å². The van der Waals surface area contributed by atoms with Crippen molar-refractivity contribution in [2.24, 2.45) is 0 Å². The molecule has 1 N–H and O–H groups in total. The monoisotopic (exact) mass is 421 g/mol. The smallest absolute Gasteiger partial charge is 0.270 e. The van der Waals surface area contributed by atoms with Gasteiger partial charge in [-0.05, 0) is 37.4 Å². The molecule has 3 heterocycles. The van der Waals surface area contributed by atoms with Crippen LogP contribution in [0, 0.1) is 0 Å². The Morgan fingerprint density at radius 3 is 2.72 bits per heavy atom. The van der Waals surface area contributed by atoms with Crippen molar-refractivity contribution in [1.29, 1.82) is 0 Å². The van der Waals surface area contributed by atoms with E-state index < -0.39 is 0 Å². The highest BCUT2D eigenvalue weighted by atomic mass is 32.2. The number of carbonyl (C=O) groups excluding carboxylic acids is 1. The second-order valence-electron chi connectivity index (χ2n) is 6.31. The zero-order valence-electron chi connectivity index (χ0n) is 15.9. The van der Waals surface area contributed by atoms with Gasteiger partial charge in [0.2, 0.25) is 0 Å². The predicted octanol–water partition coefficient (Wildman–Crippen LogP) is 4.60. The highest BCUT2D eigenvalue weighted by molar-refractivity contribution is 7.98. The van der Waals surface area contributed by atoms with Gasteiger partial charge in [-0.1, -0.05) is 30.0 Å². The molecule has 0 radical (unpaired) electrons. The molecule has 1 aromatic carbocycles. The van der Waals surface area contributed by atoms with Gasteiger partial charge < -0.3 is 5.32 Å². The van der Waals surface area contributed by atoms with Gasteiger partial charge in [0.1, 0.15) is 10.7 Å². The van der Waals surface area contributed by atoms with Crippen LogP contribution >= 0.6 is 23.1 Å². The van der Waals surface area contributed by atoms with E-state index in [0.29, 0.717) is 5.69 Å². The molecule has 0 spiro atoms. The lowest BCUT2D eigenvalue weighted by molar-refractivity contribution is 0.0932. The summed E-state index contributed by atoms with van der Waals surface area (Å²) in [6.07, 6.45) is 7.08. The molecule has 4 rings (SSSR count). The lowest BCUT2D eigenvalue weighted by atomic mass is 10.2. The number of benzene rings is 1. The van der Waals surface area contributed by atoms with Crippen LogP contribution in [0.25, 0.3) is 16.9 Å². The summed E-state index contributed by atoms with van der Waals surface area (Å²) in [6, 6.07) is 13.4. The molecule has 0 saturated carbocycles. The average Bonchev–Trinajstić information content (AvgIpc) is 3.42. The molecular weight excluding hydrogens is 402 g/mol. The quantitative estimate of drug-likeness (QED) is 0.461. The van der Waals surface area contributed by atoms with Crippen molar-refractivity contribution in [2.75, 3.05) is 6.26 Å². The molecule has 0 aliphatic rings. The highest BCUT2D eigenvalue weighted by Gasteiger charge is 2.21. The number of rotatable bonds is 6. The molecule has 3 aromatic heterocycles. The van der Waals surface area contributed by atoms with Gasteiger partial charge in [0.25, 0.3) is 5.91 Å². The van der Waals surface area contributed by atoms with E-state index >= 15 is 0 Å². The van der Waals surface area contributed by atoms with Crippen LogP contribution in [0.2, 0.25) is 0 Å². The Balaban J connectivity index is 1.56. The lowest BCUT2D eigenvalue weighted by Crippen LogP contribution is -2.28. The van der Waals surface area contributed by atoms with Crippen molar-refractivity contribution in [3.05, 3.63) is 77.1 Å². The Hall–Kier alpha value is -2.97. The van der Waals surface area contributed by atoms with Gasteiger partial charge in [-0.3, -0.25) is 14.3 Å². The molecule has 29 heavy (non-hydrogen) atoms. The van der Waals surface area contributed by atoms with Gasteiger partial charge in [0.15, 0.2) is 5.16 Å². The first-order chi connectivity index (χ1) is 14.2. The summed E-state index contributed by atoms with van der Waals surface area (Å²) in [5.41, 5.74) is 3.22. The molecule has 1 amide bonds. The second-order valence-corrected chi connectivity index (χ2v) is 7.97. The Morgan fingerprint density at radius 2 is 2.00 bits per heavy atom. The van der Waals surface area contributed by atoms with Crippen LogP contribution in [0.15, 0.2) is 71.6 Å². The Bertz CT molecular complexity index is 1110. The maximum absolute atomic E-state index is 13.0. The minimum Gasteiger partial charge on any atom is -0.342 e. The van der Waals surface area contributed by atoms with Crippen LogP contribution in [0.3, 0.4) is 0 Å². The molecule has 6 nitrogen and oxygen atoms in total. The molecule has 8 heteroatoms. The Labute approximate surface area is 177 Å². The fourth-order valence-corrected chi connectivity index (χ4v) is 4.31. The number of para-hydroxylation sites is 1. The maximum Gasteiger partial charge on any atom is 0.270 e. The van der Waals surface area contributed by atoms with Gasteiger partial charge in [-0.15, -0.1) is 11.3 Å². The topological polar surface area (TPSA) is 72.7 Å². The van der Waals surface area contributed by atoms with E-state index in [1.165, 1.54) is 23.1 Å². The standard InChI is InChI=1S/C21H19N5OS2/c1-14(20-25-17(13-29-20)15-7-6-10-22-11-15)24-19(27)18-12-23-21(28-2)26(18)16-8-4-3-5-9-16/h3-14H,1-2H3,(H,24,27). The largest absolute Gasteiger partial charge is 0.342 e. The minimum absolute atomic E-state index is 0.188. The van der Waals surface area contributed by atoms with E-state index in [1.54, 1.807) is 18.6 Å². The maximum atomic E-state index is 13.0. The Kier molecular flexibility index (Phi) is 5.73. The zero-order chi connectivity index (χ0) is 20.2. The Morgan fingerprint density at radius 1 is 1.17 bits per heavy atom. The highest BCUT2D eigenvalue weighted by Crippen LogP contribution is 2.26. The van der Waals surface area contributed by atoms with Gasteiger partial charge in [-0.2, -0.15) is 0 Å². The lowest BCUT2D eigenvalue weighted by Gasteiger charge is -2.14. The second kappa shape index (κ2) is 8.59. The van der Waals surface area contributed by atoms with Crippen molar-refractivity contribution in [3.8, 4) is 16.9 Å². The van der Waals surface area contributed by atoms with Crippen molar-refractivity contribution >= 4 is 29.0 Å². The SMILES string of the molecule is CSc1ncc(C(=O)NC(C)c2nc(-c3cccnc3)cs2)n1-c1ccccc1. The molecule has 0 aliphatic carbocycles. The number of thioether (sulfide) groups is 1. The van der Waals surface area contributed by atoms with Crippen LogP contribution in [-0.2, 0) is 0 Å². The number of nitrogens with zero attached hydrogens (tertiary/aromatic N) is 4. The summed E-state index contributed by atoms with van der Waals surface area (Å²) in [6.45, 7) is 1.93. The fraction of sp³-hybridized carbons (Fsp3) is 0.143. The van der Waals surface area contributed by atoms with Crippen molar-refractivity contribution in [1.82, 2.24) is 24.8 Å². The molecule has 0 saturated heterocycles. The first-order valence-electron chi connectivity index (χ1n) is 9.01. The summed E-state index contributed by atoms with van der Waals surface area (Å²) < 4.78 is 1.87. The number of imidazole rings is 1. The van der Waals surface area contributed by atoms with Crippen molar-refractivity contribution in [3.63, 3.8) is 0 Å².